The summed E-state index contributed by atoms with van der Waals surface area (Å²) in [6, 6.07) is 0. The molecular weight excluding hydrogens is 390 g/mol. The molecule has 0 aliphatic carbocycles. The lowest BCUT2D eigenvalue weighted by Crippen LogP contribution is -2.67. The fourth-order valence-corrected chi connectivity index (χ4v) is 1.87. The lowest BCUT2D eigenvalue weighted by atomic mass is 9.92. The van der Waals surface area contributed by atoms with Gasteiger partial charge in [-0.15, -0.1) is 0 Å². The van der Waals surface area contributed by atoms with E-state index in [9.17, 15) is 43.9 Å². The average molecular weight is 410 g/mol. The van der Waals surface area contributed by atoms with Crippen LogP contribution in [0.1, 0.15) is 39.0 Å². The number of unbranched alkanes of at least 4 members (excludes halogenated alkanes) is 2. The molecule has 12 heteroatoms. The number of hydrogen-bond donors (Lipinski definition) is 1. The quantitative estimate of drug-likeness (QED) is 0.337. The largest absolute Gasteiger partial charge is 0.396 e. The molecule has 0 aromatic heterocycles. The number of aliphatic hydroxyl groups is 1. The Bertz CT molecular complexity index is 426. The summed E-state index contributed by atoms with van der Waals surface area (Å²) >= 11 is 0. The van der Waals surface area contributed by atoms with Crippen molar-refractivity contribution in [3.05, 3.63) is 0 Å². The van der Waals surface area contributed by atoms with Gasteiger partial charge in [0.1, 0.15) is 0 Å². The molecule has 0 atom stereocenters. The van der Waals surface area contributed by atoms with Crippen LogP contribution in [0.25, 0.3) is 0 Å². The molecule has 0 fully saturated rings. The minimum absolute atomic E-state index is 0.142. The van der Waals surface area contributed by atoms with Gasteiger partial charge in [-0.05, 0) is 6.42 Å². The molecule has 0 saturated heterocycles. The van der Waals surface area contributed by atoms with Crippen molar-refractivity contribution in [1.82, 2.24) is 0 Å². The smallest absolute Gasteiger partial charge is 0.384 e. The van der Waals surface area contributed by atoms with Gasteiger partial charge in [0.25, 0.3) is 0 Å². The zero-order valence-electron chi connectivity index (χ0n) is 13.8. The fourth-order valence-electron chi connectivity index (χ4n) is 1.87. The number of hydrogen-bond acceptors (Lipinski definition) is 2. The van der Waals surface area contributed by atoms with Crippen LogP contribution in [-0.2, 0) is 4.74 Å². The third kappa shape index (κ3) is 4.93. The van der Waals surface area contributed by atoms with Crippen LogP contribution in [0, 0.1) is 0 Å². The first-order valence-electron chi connectivity index (χ1n) is 7.70. The van der Waals surface area contributed by atoms with Crippen LogP contribution in [0.15, 0.2) is 0 Å². The maximum absolute atomic E-state index is 13.4. The monoisotopic (exact) mass is 410 g/mol. The van der Waals surface area contributed by atoms with E-state index < -0.39 is 55.7 Å². The van der Waals surface area contributed by atoms with Gasteiger partial charge in [-0.2, -0.15) is 43.9 Å². The van der Waals surface area contributed by atoms with Crippen molar-refractivity contribution < 1.29 is 53.7 Å². The van der Waals surface area contributed by atoms with Gasteiger partial charge < -0.3 is 9.84 Å². The minimum Gasteiger partial charge on any atom is -0.396 e. The van der Waals surface area contributed by atoms with Gasteiger partial charge >= 0.3 is 29.6 Å². The molecule has 26 heavy (non-hydrogen) atoms. The Labute approximate surface area is 143 Å². The maximum atomic E-state index is 13.4. The number of halogens is 10. The lowest BCUT2D eigenvalue weighted by Gasteiger charge is -2.39. The first-order valence-corrected chi connectivity index (χ1v) is 7.70. The van der Waals surface area contributed by atoms with Gasteiger partial charge in [0, 0.05) is 26.1 Å². The van der Waals surface area contributed by atoms with Gasteiger partial charge in [0.15, 0.2) is 0 Å². The molecule has 158 valence electrons. The highest BCUT2D eigenvalue weighted by Gasteiger charge is 2.85. The molecule has 0 unspecified atom stereocenters. The van der Waals surface area contributed by atoms with Gasteiger partial charge in [-0.3, -0.25) is 0 Å². The SMILES string of the molecule is CCCCCOCCC(F)(F)C(F)(F)C(F)(F)C(F)(F)C(F)(F)CCO. The van der Waals surface area contributed by atoms with Crippen LogP contribution in [-0.4, -0.2) is 54.5 Å². The standard InChI is InChI=1S/C14H20F10O2/c1-2-3-4-8-26-9-6-11(17,18)13(21,22)14(23,24)12(19,20)10(15,16)5-7-25/h25H,2-9H2,1H3. The molecule has 0 spiro atoms. The summed E-state index contributed by atoms with van der Waals surface area (Å²) in [7, 11) is 0. The van der Waals surface area contributed by atoms with E-state index in [2.05, 4.69) is 4.74 Å². The Balaban J connectivity index is 5.28. The van der Waals surface area contributed by atoms with Crippen molar-refractivity contribution in [1.29, 1.82) is 0 Å². The van der Waals surface area contributed by atoms with Crippen molar-refractivity contribution >= 4 is 0 Å². The summed E-state index contributed by atoms with van der Waals surface area (Å²) in [4.78, 5) is 0. The summed E-state index contributed by atoms with van der Waals surface area (Å²) in [5, 5.41) is 8.19. The number of aliphatic hydroxyl groups excluding tert-OH is 1. The Hall–Kier alpha value is -0.780. The molecule has 0 radical (unpaired) electrons. The van der Waals surface area contributed by atoms with Crippen LogP contribution < -0.4 is 0 Å². The van der Waals surface area contributed by atoms with Crippen LogP contribution in [0.2, 0.25) is 0 Å². The summed E-state index contributed by atoms with van der Waals surface area (Å²) in [5.74, 6) is -32.3. The molecule has 0 saturated carbocycles. The topological polar surface area (TPSA) is 29.5 Å². The first-order chi connectivity index (χ1) is 11.6. The lowest BCUT2D eigenvalue weighted by molar-refractivity contribution is -0.403. The Morgan fingerprint density at radius 1 is 0.654 bits per heavy atom. The van der Waals surface area contributed by atoms with Crippen molar-refractivity contribution in [2.24, 2.45) is 0 Å². The second-order valence-electron chi connectivity index (χ2n) is 5.68. The second kappa shape index (κ2) is 8.94. The van der Waals surface area contributed by atoms with Crippen LogP contribution in [0.3, 0.4) is 0 Å². The summed E-state index contributed by atoms with van der Waals surface area (Å²) in [5.41, 5.74) is 0. The van der Waals surface area contributed by atoms with Crippen molar-refractivity contribution in [3.8, 4) is 0 Å². The Morgan fingerprint density at radius 2 is 1.12 bits per heavy atom. The molecule has 0 heterocycles. The van der Waals surface area contributed by atoms with E-state index >= 15 is 0 Å². The predicted molar refractivity (Wildman–Crippen MR) is 71.4 cm³/mol. The zero-order valence-corrected chi connectivity index (χ0v) is 13.8. The maximum Gasteiger partial charge on any atom is 0.384 e. The third-order valence-corrected chi connectivity index (χ3v) is 3.59. The van der Waals surface area contributed by atoms with E-state index in [1.54, 1.807) is 6.92 Å². The highest BCUT2D eigenvalue weighted by Crippen LogP contribution is 2.58. The molecule has 0 aliphatic heterocycles. The molecule has 1 N–H and O–H groups in total. The average Bonchev–Trinajstić information content (AvgIpc) is 2.49. The highest BCUT2D eigenvalue weighted by molar-refractivity contribution is 5.08. The van der Waals surface area contributed by atoms with Crippen molar-refractivity contribution in [3.63, 3.8) is 0 Å². The number of alkyl halides is 10. The number of rotatable bonds is 13. The van der Waals surface area contributed by atoms with Crippen LogP contribution in [0.4, 0.5) is 43.9 Å². The summed E-state index contributed by atoms with van der Waals surface area (Å²) in [6.45, 7) is -1.24. The second-order valence-corrected chi connectivity index (χ2v) is 5.68. The summed E-state index contributed by atoms with van der Waals surface area (Å²) in [6.07, 6.45) is -2.65. The van der Waals surface area contributed by atoms with E-state index in [0.29, 0.717) is 12.8 Å². The van der Waals surface area contributed by atoms with Gasteiger partial charge in [0.05, 0.1) is 6.61 Å². The van der Waals surface area contributed by atoms with E-state index in [0.717, 1.165) is 6.42 Å². The van der Waals surface area contributed by atoms with Crippen LogP contribution in [0.5, 0.6) is 0 Å². The highest BCUT2D eigenvalue weighted by atomic mass is 19.4. The van der Waals surface area contributed by atoms with E-state index in [4.69, 9.17) is 5.11 Å². The molecule has 0 aromatic carbocycles. The molecule has 0 aliphatic rings. The van der Waals surface area contributed by atoms with Gasteiger partial charge in [-0.1, -0.05) is 19.8 Å². The van der Waals surface area contributed by atoms with E-state index in [-0.39, 0.29) is 6.61 Å². The number of ether oxygens (including phenoxy) is 1. The van der Waals surface area contributed by atoms with E-state index in [1.165, 1.54) is 0 Å². The fraction of sp³-hybridized carbons (Fsp3) is 1.00. The molecule has 0 bridgehead atoms. The molecule has 0 amide bonds. The van der Waals surface area contributed by atoms with Crippen molar-refractivity contribution in [2.45, 2.75) is 68.6 Å². The molecular formula is C14H20F10O2. The summed E-state index contributed by atoms with van der Waals surface area (Å²) < 4.78 is 138. The predicted octanol–water partition coefficient (Wildman–Crippen LogP) is 5.14. The van der Waals surface area contributed by atoms with Crippen molar-refractivity contribution in [2.75, 3.05) is 19.8 Å². The van der Waals surface area contributed by atoms with Gasteiger partial charge in [-0.25, -0.2) is 0 Å². The Kier molecular flexibility index (Phi) is 8.67. The third-order valence-electron chi connectivity index (χ3n) is 3.59. The van der Waals surface area contributed by atoms with E-state index in [1.807, 2.05) is 0 Å². The molecule has 0 aromatic rings. The Morgan fingerprint density at radius 3 is 1.54 bits per heavy atom. The molecule has 0 rings (SSSR count). The minimum atomic E-state index is -7.08. The first kappa shape index (κ1) is 25.2. The molecule has 2 nitrogen and oxygen atoms in total. The van der Waals surface area contributed by atoms with Gasteiger partial charge in [0.2, 0.25) is 0 Å². The normalized spacial score (nSPS) is 14.8. The van der Waals surface area contributed by atoms with Crippen LogP contribution >= 0.6 is 0 Å². The zero-order chi connectivity index (χ0) is 20.9.